The van der Waals surface area contributed by atoms with E-state index in [1.807, 2.05) is 67.3 Å². The molecule has 1 atom stereocenters. The minimum Gasteiger partial charge on any atom is -0.497 e. The highest BCUT2D eigenvalue weighted by atomic mass is 16.5. The number of fused-ring (bicyclic) bond motifs is 1. The molecule has 0 saturated carbocycles. The third kappa shape index (κ3) is 4.28. The van der Waals surface area contributed by atoms with E-state index in [1.165, 1.54) is 0 Å². The standard InChI is InChI=1S/C24H27NO3/c1-5-25(16-18-6-11-22(27-3)12-7-18)24(26)17(2)19-8-9-21-15-23(28-4)13-10-20(21)14-19/h6-15,17H,5,16H2,1-4H3/t17-/m0/s1. The summed E-state index contributed by atoms with van der Waals surface area (Å²) in [6.07, 6.45) is 0. The van der Waals surface area contributed by atoms with Crippen molar-refractivity contribution in [2.24, 2.45) is 0 Å². The van der Waals surface area contributed by atoms with Gasteiger partial charge in [0.15, 0.2) is 0 Å². The molecule has 28 heavy (non-hydrogen) atoms. The number of hydrogen-bond acceptors (Lipinski definition) is 3. The molecule has 0 aliphatic heterocycles. The van der Waals surface area contributed by atoms with Crippen molar-refractivity contribution in [2.45, 2.75) is 26.3 Å². The van der Waals surface area contributed by atoms with Crippen molar-refractivity contribution >= 4 is 16.7 Å². The Morgan fingerprint density at radius 1 is 0.893 bits per heavy atom. The van der Waals surface area contributed by atoms with Crippen LogP contribution in [0.25, 0.3) is 10.8 Å². The molecule has 1 amide bonds. The number of rotatable bonds is 7. The molecule has 4 heteroatoms. The second kappa shape index (κ2) is 8.79. The SMILES string of the molecule is CCN(Cc1ccc(OC)cc1)C(=O)[C@@H](C)c1ccc2cc(OC)ccc2c1. The Kier molecular flexibility index (Phi) is 6.19. The molecule has 0 spiro atoms. The lowest BCUT2D eigenvalue weighted by molar-refractivity contribution is -0.132. The number of ether oxygens (including phenoxy) is 2. The number of hydrogen-bond donors (Lipinski definition) is 0. The third-order valence-corrected chi connectivity index (χ3v) is 5.17. The number of carbonyl (C=O) groups excluding carboxylic acids is 1. The van der Waals surface area contributed by atoms with Gasteiger partial charge < -0.3 is 14.4 Å². The molecule has 0 aliphatic carbocycles. The van der Waals surface area contributed by atoms with Crippen molar-refractivity contribution in [3.8, 4) is 11.5 Å². The fourth-order valence-corrected chi connectivity index (χ4v) is 3.35. The highest BCUT2D eigenvalue weighted by molar-refractivity contribution is 5.88. The van der Waals surface area contributed by atoms with E-state index in [-0.39, 0.29) is 11.8 Å². The molecular formula is C24H27NO3. The van der Waals surface area contributed by atoms with Gasteiger partial charge in [-0.3, -0.25) is 4.79 Å². The fourth-order valence-electron chi connectivity index (χ4n) is 3.35. The maximum atomic E-state index is 13.1. The summed E-state index contributed by atoms with van der Waals surface area (Å²) in [5.41, 5.74) is 2.12. The predicted molar refractivity (Wildman–Crippen MR) is 113 cm³/mol. The molecule has 3 aromatic rings. The first-order valence-corrected chi connectivity index (χ1v) is 9.55. The maximum Gasteiger partial charge on any atom is 0.230 e. The topological polar surface area (TPSA) is 38.8 Å². The Morgan fingerprint density at radius 3 is 2.14 bits per heavy atom. The minimum atomic E-state index is -0.204. The van der Waals surface area contributed by atoms with Crippen LogP contribution >= 0.6 is 0 Å². The summed E-state index contributed by atoms with van der Waals surface area (Å²) in [4.78, 5) is 15.0. The van der Waals surface area contributed by atoms with Crippen LogP contribution in [-0.4, -0.2) is 31.6 Å². The summed E-state index contributed by atoms with van der Waals surface area (Å²) in [5.74, 6) is 1.58. The van der Waals surface area contributed by atoms with Crippen molar-refractivity contribution in [3.63, 3.8) is 0 Å². The Balaban J connectivity index is 1.78. The number of amides is 1. The van der Waals surface area contributed by atoms with E-state index in [0.717, 1.165) is 33.4 Å². The van der Waals surface area contributed by atoms with Gasteiger partial charge >= 0.3 is 0 Å². The molecule has 0 N–H and O–H groups in total. The van der Waals surface area contributed by atoms with Crippen molar-refractivity contribution in [1.82, 2.24) is 4.90 Å². The maximum absolute atomic E-state index is 13.1. The van der Waals surface area contributed by atoms with Crippen molar-refractivity contribution in [2.75, 3.05) is 20.8 Å². The number of likely N-dealkylation sites (N-methyl/N-ethyl adjacent to an activating group) is 1. The number of carbonyl (C=O) groups is 1. The third-order valence-electron chi connectivity index (χ3n) is 5.17. The van der Waals surface area contributed by atoms with E-state index in [4.69, 9.17) is 9.47 Å². The molecule has 3 rings (SSSR count). The van der Waals surface area contributed by atoms with Crippen LogP contribution in [0.4, 0.5) is 0 Å². The average molecular weight is 377 g/mol. The van der Waals surface area contributed by atoms with Crippen LogP contribution in [0.3, 0.4) is 0 Å². The summed E-state index contributed by atoms with van der Waals surface area (Å²) >= 11 is 0. The Morgan fingerprint density at radius 2 is 1.50 bits per heavy atom. The van der Waals surface area contributed by atoms with E-state index in [0.29, 0.717) is 13.1 Å². The van der Waals surface area contributed by atoms with Gasteiger partial charge in [0.2, 0.25) is 5.91 Å². The first-order chi connectivity index (χ1) is 13.5. The number of nitrogens with zero attached hydrogens (tertiary/aromatic N) is 1. The fraction of sp³-hybridized carbons (Fsp3) is 0.292. The lowest BCUT2D eigenvalue weighted by atomic mass is 9.96. The molecule has 146 valence electrons. The van der Waals surface area contributed by atoms with E-state index in [1.54, 1.807) is 14.2 Å². The van der Waals surface area contributed by atoms with Gasteiger partial charge in [-0.1, -0.05) is 36.4 Å². The Bertz CT molecular complexity index is 950. The van der Waals surface area contributed by atoms with Crippen LogP contribution in [-0.2, 0) is 11.3 Å². The van der Waals surface area contributed by atoms with Gasteiger partial charge in [-0.15, -0.1) is 0 Å². The molecular weight excluding hydrogens is 350 g/mol. The average Bonchev–Trinajstić information content (AvgIpc) is 2.76. The van der Waals surface area contributed by atoms with Gasteiger partial charge in [0.05, 0.1) is 20.1 Å². The summed E-state index contributed by atoms with van der Waals surface area (Å²) in [7, 11) is 3.32. The molecule has 0 fully saturated rings. The van der Waals surface area contributed by atoms with Gasteiger partial charge in [-0.2, -0.15) is 0 Å². The van der Waals surface area contributed by atoms with Gasteiger partial charge in [0, 0.05) is 13.1 Å². The Labute approximate surface area is 166 Å². The molecule has 4 nitrogen and oxygen atoms in total. The van der Waals surface area contributed by atoms with E-state index < -0.39 is 0 Å². The van der Waals surface area contributed by atoms with E-state index >= 15 is 0 Å². The molecule has 3 aromatic carbocycles. The smallest absolute Gasteiger partial charge is 0.230 e. The number of benzene rings is 3. The normalized spacial score (nSPS) is 11.9. The van der Waals surface area contributed by atoms with Gasteiger partial charge in [-0.25, -0.2) is 0 Å². The van der Waals surface area contributed by atoms with Crippen molar-refractivity contribution in [1.29, 1.82) is 0 Å². The lowest BCUT2D eigenvalue weighted by Crippen LogP contribution is -2.33. The molecule has 0 heterocycles. The summed E-state index contributed by atoms with van der Waals surface area (Å²) in [5, 5.41) is 2.21. The van der Waals surface area contributed by atoms with Crippen LogP contribution in [0.2, 0.25) is 0 Å². The predicted octanol–water partition coefficient (Wildman–Crippen LogP) is 5.01. The first kappa shape index (κ1) is 19.7. The van der Waals surface area contributed by atoms with Crippen LogP contribution in [0.5, 0.6) is 11.5 Å². The second-order valence-electron chi connectivity index (χ2n) is 6.89. The van der Waals surface area contributed by atoms with E-state index in [2.05, 4.69) is 12.1 Å². The first-order valence-electron chi connectivity index (χ1n) is 9.55. The van der Waals surface area contributed by atoms with Gasteiger partial charge in [0.25, 0.3) is 0 Å². The highest BCUT2D eigenvalue weighted by Gasteiger charge is 2.21. The molecule has 0 saturated heterocycles. The lowest BCUT2D eigenvalue weighted by Gasteiger charge is -2.25. The quantitative estimate of drug-likeness (QED) is 0.581. The summed E-state index contributed by atoms with van der Waals surface area (Å²) in [6, 6.07) is 20.0. The zero-order valence-corrected chi connectivity index (χ0v) is 16.9. The molecule has 0 radical (unpaired) electrons. The molecule has 0 unspecified atom stereocenters. The van der Waals surface area contributed by atoms with Gasteiger partial charge in [0.1, 0.15) is 11.5 Å². The van der Waals surface area contributed by atoms with Crippen LogP contribution in [0, 0.1) is 0 Å². The highest BCUT2D eigenvalue weighted by Crippen LogP contribution is 2.26. The largest absolute Gasteiger partial charge is 0.497 e. The zero-order valence-electron chi connectivity index (χ0n) is 16.9. The van der Waals surface area contributed by atoms with E-state index in [9.17, 15) is 4.79 Å². The van der Waals surface area contributed by atoms with Crippen LogP contribution < -0.4 is 9.47 Å². The van der Waals surface area contributed by atoms with Crippen LogP contribution in [0.1, 0.15) is 30.9 Å². The van der Waals surface area contributed by atoms with Crippen LogP contribution in [0.15, 0.2) is 60.7 Å². The zero-order chi connectivity index (χ0) is 20.1. The van der Waals surface area contributed by atoms with Crippen molar-refractivity contribution in [3.05, 3.63) is 71.8 Å². The minimum absolute atomic E-state index is 0.131. The molecule has 0 aliphatic rings. The van der Waals surface area contributed by atoms with Gasteiger partial charge in [-0.05, 0) is 60.0 Å². The monoisotopic (exact) mass is 377 g/mol. The number of methoxy groups -OCH3 is 2. The van der Waals surface area contributed by atoms with Crippen molar-refractivity contribution < 1.29 is 14.3 Å². The summed E-state index contributed by atoms with van der Waals surface area (Å²) in [6.45, 7) is 5.25. The second-order valence-corrected chi connectivity index (χ2v) is 6.89. The molecule has 0 bridgehead atoms. The summed E-state index contributed by atoms with van der Waals surface area (Å²) < 4.78 is 10.5. The molecule has 0 aromatic heterocycles. The Hall–Kier alpha value is -3.01.